The van der Waals surface area contributed by atoms with Crippen LogP contribution >= 0.6 is 0 Å². The van der Waals surface area contributed by atoms with E-state index in [0.29, 0.717) is 5.92 Å². The Labute approximate surface area is 61.3 Å². The molecule has 1 atom stereocenters. The third-order valence-electron chi connectivity index (χ3n) is 1.84. The van der Waals surface area contributed by atoms with E-state index in [-0.39, 0.29) is 0 Å². The maximum absolute atomic E-state index is 5.62. The Balaban J connectivity index is 2.39. The van der Waals surface area contributed by atoms with Gasteiger partial charge in [-0.2, -0.15) is 0 Å². The fourth-order valence-electron chi connectivity index (χ4n) is 1.16. The van der Waals surface area contributed by atoms with Gasteiger partial charge in [0.15, 0.2) is 0 Å². The van der Waals surface area contributed by atoms with Gasteiger partial charge in [0.2, 0.25) is 0 Å². The van der Waals surface area contributed by atoms with Gasteiger partial charge in [-0.1, -0.05) is 0 Å². The number of nitrogens with two attached hydrogens (primary N) is 1. The fourth-order valence-corrected chi connectivity index (χ4v) is 1.16. The van der Waals surface area contributed by atoms with Crippen LogP contribution in [0.4, 0.5) is 0 Å². The molecule has 1 heterocycles. The maximum Gasteiger partial charge on any atom is 0.0988 e. The van der Waals surface area contributed by atoms with Crippen LogP contribution in [0.15, 0.2) is 4.99 Å². The van der Waals surface area contributed by atoms with Gasteiger partial charge in [-0.3, -0.25) is 4.99 Å². The van der Waals surface area contributed by atoms with Crippen molar-refractivity contribution < 1.29 is 4.74 Å². The molecule has 58 valence electrons. The van der Waals surface area contributed by atoms with Crippen molar-refractivity contribution in [3.8, 4) is 0 Å². The minimum atomic E-state index is 0.374. The molecule has 0 amide bonds. The molecular weight excluding hydrogens is 128 g/mol. The molecule has 3 heteroatoms. The van der Waals surface area contributed by atoms with E-state index in [1.165, 1.54) is 0 Å². The third-order valence-corrected chi connectivity index (χ3v) is 1.84. The maximum atomic E-state index is 5.62. The van der Waals surface area contributed by atoms with E-state index < -0.39 is 0 Å². The summed E-state index contributed by atoms with van der Waals surface area (Å²) in [7, 11) is 1.73. The van der Waals surface area contributed by atoms with Gasteiger partial charge in [-0.15, -0.1) is 0 Å². The van der Waals surface area contributed by atoms with E-state index in [0.717, 1.165) is 31.9 Å². The molecule has 0 saturated carbocycles. The van der Waals surface area contributed by atoms with Gasteiger partial charge in [-0.25, -0.2) is 0 Å². The molecule has 0 aromatic carbocycles. The number of aliphatic imine (C=N–C) groups is 1. The van der Waals surface area contributed by atoms with Gasteiger partial charge in [-0.05, 0) is 12.8 Å². The smallest absolute Gasteiger partial charge is 0.0988 e. The molecule has 0 aliphatic carbocycles. The van der Waals surface area contributed by atoms with Crippen molar-refractivity contribution in [1.82, 2.24) is 0 Å². The molecular formula is C7H14N2O. The molecule has 0 radical (unpaired) electrons. The average Bonchev–Trinajstić information content (AvgIpc) is 2.05. The quantitative estimate of drug-likeness (QED) is 0.425. The summed E-state index contributed by atoms with van der Waals surface area (Å²) in [5.41, 5.74) is 5.62. The molecule has 1 saturated heterocycles. The van der Waals surface area contributed by atoms with Crippen LogP contribution in [0.1, 0.15) is 12.8 Å². The van der Waals surface area contributed by atoms with Crippen LogP contribution in [-0.4, -0.2) is 26.1 Å². The summed E-state index contributed by atoms with van der Waals surface area (Å²) < 4.78 is 5.24. The Morgan fingerprint density at radius 3 is 3.00 bits per heavy atom. The molecule has 1 fully saturated rings. The fraction of sp³-hybridized carbons (Fsp3) is 0.857. The summed E-state index contributed by atoms with van der Waals surface area (Å²) in [6.45, 7) is 1.64. The number of nitrogens with zero attached hydrogens (tertiary/aromatic N) is 1. The number of ether oxygens (including phenoxy) is 1. The van der Waals surface area contributed by atoms with Crippen molar-refractivity contribution in [1.29, 1.82) is 0 Å². The minimum Gasteiger partial charge on any atom is -0.387 e. The van der Waals surface area contributed by atoms with Gasteiger partial charge in [0, 0.05) is 19.6 Å². The van der Waals surface area contributed by atoms with E-state index >= 15 is 0 Å². The number of hydrogen-bond acceptors (Lipinski definition) is 2. The summed E-state index contributed by atoms with van der Waals surface area (Å²) in [5, 5.41) is 0. The molecule has 1 aliphatic heterocycles. The van der Waals surface area contributed by atoms with E-state index in [4.69, 9.17) is 10.5 Å². The van der Waals surface area contributed by atoms with Crippen LogP contribution in [0.3, 0.4) is 0 Å². The standard InChI is InChI=1S/C7H14N2O/c1-9-7(8)6-3-2-4-10-5-6/h6H,2-5H2,1H3,(H2,8,9). The average molecular weight is 142 g/mol. The predicted octanol–water partition coefficient (Wildman–Crippen LogP) is 0.400. The second kappa shape index (κ2) is 3.56. The zero-order valence-electron chi connectivity index (χ0n) is 6.34. The van der Waals surface area contributed by atoms with Crippen LogP contribution in [-0.2, 0) is 4.74 Å². The van der Waals surface area contributed by atoms with Crippen LogP contribution in [0.25, 0.3) is 0 Å². The lowest BCUT2D eigenvalue weighted by atomic mass is 10.0. The van der Waals surface area contributed by atoms with Crippen molar-refractivity contribution in [3.63, 3.8) is 0 Å². The van der Waals surface area contributed by atoms with Gasteiger partial charge >= 0.3 is 0 Å². The summed E-state index contributed by atoms with van der Waals surface area (Å²) in [6.07, 6.45) is 2.24. The lowest BCUT2D eigenvalue weighted by Crippen LogP contribution is -2.30. The highest BCUT2D eigenvalue weighted by Crippen LogP contribution is 2.12. The summed E-state index contributed by atoms with van der Waals surface area (Å²) in [4.78, 5) is 3.93. The van der Waals surface area contributed by atoms with E-state index in [1.807, 2.05) is 0 Å². The molecule has 0 bridgehead atoms. The SMILES string of the molecule is CN=C(N)C1CCCOC1. The Kier molecular flexibility index (Phi) is 2.68. The Morgan fingerprint density at radius 2 is 2.50 bits per heavy atom. The molecule has 0 aromatic rings. The van der Waals surface area contributed by atoms with Crippen molar-refractivity contribution in [2.45, 2.75) is 12.8 Å². The molecule has 10 heavy (non-hydrogen) atoms. The molecule has 1 rings (SSSR count). The van der Waals surface area contributed by atoms with Crippen LogP contribution in [0.5, 0.6) is 0 Å². The monoisotopic (exact) mass is 142 g/mol. The first-order chi connectivity index (χ1) is 4.84. The molecule has 2 N–H and O–H groups in total. The first-order valence-corrected chi connectivity index (χ1v) is 3.64. The Morgan fingerprint density at radius 1 is 1.70 bits per heavy atom. The zero-order valence-corrected chi connectivity index (χ0v) is 6.34. The highest BCUT2D eigenvalue weighted by atomic mass is 16.5. The van der Waals surface area contributed by atoms with Crippen molar-refractivity contribution in [2.24, 2.45) is 16.6 Å². The van der Waals surface area contributed by atoms with Crippen molar-refractivity contribution in [3.05, 3.63) is 0 Å². The summed E-state index contributed by atoms with van der Waals surface area (Å²) in [6, 6.07) is 0. The van der Waals surface area contributed by atoms with Crippen molar-refractivity contribution in [2.75, 3.05) is 20.3 Å². The van der Waals surface area contributed by atoms with Crippen LogP contribution < -0.4 is 5.73 Å². The topological polar surface area (TPSA) is 47.6 Å². The summed E-state index contributed by atoms with van der Waals surface area (Å²) in [5.74, 6) is 1.11. The van der Waals surface area contributed by atoms with Gasteiger partial charge in [0.1, 0.15) is 0 Å². The van der Waals surface area contributed by atoms with Gasteiger partial charge in [0.25, 0.3) is 0 Å². The second-order valence-electron chi connectivity index (χ2n) is 2.56. The lowest BCUT2D eigenvalue weighted by molar-refractivity contribution is 0.0765. The highest BCUT2D eigenvalue weighted by Gasteiger charge is 2.16. The Hall–Kier alpha value is -0.570. The summed E-state index contributed by atoms with van der Waals surface area (Å²) >= 11 is 0. The highest BCUT2D eigenvalue weighted by molar-refractivity contribution is 5.82. The Bertz CT molecular complexity index is 128. The predicted molar refractivity (Wildman–Crippen MR) is 41.1 cm³/mol. The zero-order chi connectivity index (χ0) is 7.40. The molecule has 1 unspecified atom stereocenters. The molecule has 3 nitrogen and oxygen atoms in total. The molecule has 1 aliphatic rings. The van der Waals surface area contributed by atoms with Gasteiger partial charge in [0.05, 0.1) is 12.4 Å². The number of amidine groups is 1. The second-order valence-corrected chi connectivity index (χ2v) is 2.56. The number of rotatable bonds is 1. The third kappa shape index (κ3) is 1.70. The van der Waals surface area contributed by atoms with E-state index in [9.17, 15) is 0 Å². The first kappa shape index (κ1) is 7.54. The van der Waals surface area contributed by atoms with Crippen molar-refractivity contribution >= 4 is 5.84 Å². The van der Waals surface area contributed by atoms with E-state index in [1.54, 1.807) is 7.05 Å². The lowest BCUT2D eigenvalue weighted by Gasteiger charge is -2.20. The molecule has 0 spiro atoms. The first-order valence-electron chi connectivity index (χ1n) is 3.64. The number of hydrogen-bond donors (Lipinski definition) is 1. The van der Waals surface area contributed by atoms with E-state index in [2.05, 4.69) is 4.99 Å². The normalized spacial score (nSPS) is 28.5. The van der Waals surface area contributed by atoms with Crippen LogP contribution in [0.2, 0.25) is 0 Å². The largest absolute Gasteiger partial charge is 0.387 e. The molecule has 0 aromatic heterocycles. The minimum absolute atomic E-state index is 0.374. The van der Waals surface area contributed by atoms with Gasteiger partial charge < -0.3 is 10.5 Å². The van der Waals surface area contributed by atoms with Crippen LogP contribution in [0, 0.1) is 5.92 Å².